The number of thioether (sulfide) groups is 1. The molecule has 1 aliphatic rings. The van der Waals surface area contributed by atoms with Crippen LogP contribution in [0.2, 0.25) is 0 Å². The fraction of sp³-hybridized carbons (Fsp3) is 0.706. The van der Waals surface area contributed by atoms with E-state index in [2.05, 4.69) is 15.2 Å². The van der Waals surface area contributed by atoms with Crippen LogP contribution in [0.1, 0.15) is 37.2 Å². The molecule has 7 nitrogen and oxygen atoms in total. The number of nitrogens with one attached hydrogen (secondary N) is 1. The average Bonchev–Trinajstić information content (AvgIpc) is 3.17. The lowest BCUT2D eigenvalue weighted by atomic mass is 10.2. The summed E-state index contributed by atoms with van der Waals surface area (Å²) in [5, 5.41) is 14.1. The fourth-order valence-electron chi connectivity index (χ4n) is 2.88. The normalized spacial score (nSPS) is 15.9. The second-order valence-electron chi connectivity index (χ2n) is 6.60. The van der Waals surface area contributed by atoms with Crippen molar-refractivity contribution in [2.24, 2.45) is 4.99 Å². The molecule has 140 valence electrons. The Morgan fingerprint density at radius 3 is 2.80 bits per heavy atom. The lowest BCUT2D eigenvalue weighted by Gasteiger charge is -2.13. The van der Waals surface area contributed by atoms with E-state index < -0.39 is 0 Å². The third kappa shape index (κ3) is 7.92. The summed E-state index contributed by atoms with van der Waals surface area (Å²) in [5.74, 6) is 4.05. The van der Waals surface area contributed by atoms with Gasteiger partial charge in [-0.25, -0.2) is 0 Å². The molecule has 1 saturated carbocycles. The second kappa shape index (κ2) is 10.5. The summed E-state index contributed by atoms with van der Waals surface area (Å²) in [6, 6.07) is 4.37. The topological polar surface area (TPSA) is 83.9 Å². The zero-order valence-corrected chi connectivity index (χ0v) is 15.9. The monoisotopic (exact) mass is 368 g/mol. The van der Waals surface area contributed by atoms with Crippen LogP contribution in [0.5, 0.6) is 0 Å². The van der Waals surface area contributed by atoms with Crippen LogP contribution in [0.25, 0.3) is 0 Å². The van der Waals surface area contributed by atoms with E-state index in [0.29, 0.717) is 18.4 Å². The molecule has 1 fully saturated rings. The van der Waals surface area contributed by atoms with E-state index in [0.717, 1.165) is 42.4 Å². The van der Waals surface area contributed by atoms with Crippen LogP contribution in [-0.4, -0.2) is 54.6 Å². The number of furan rings is 1. The molecule has 8 heteroatoms. The van der Waals surface area contributed by atoms with Gasteiger partial charge in [-0.3, -0.25) is 15.1 Å². The maximum absolute atomic E-state index is 10.8. The summed E-state index contributed by atoms with van der Waals surface area (Å²) in [5.41, 5.74) is 0. The molecule has 1 aromatic rings. The fourth-order valence-corrected chi connectivity index (χ4v) is 3.60. The van der Waals surface area contributed by atoms with Gasteiger partial charge in [0.1, 0.15) is 11.5 Å². The Morgan fingerprint density at radius 2 is 2.12 bits per heavy atom. The number of nitro groups is 1. The van der Waals surface area contributed by atoms with Crippen molar-refractivity contribution in [1.29, 1.82) is 0 Å². The van der Waals surface area contributed by atoms with Crippen molar-refractivity contribution in [2.45, 2.75) is 44.0 Å². The number of aliphatic imine (C=N–C) groups is 1. The Hall–Kier alpha value is -1.54. The standard InChI is InChI=1S/C17H28N4O3S/c1-20(2)11-15-7-8-16(24-15)13-25-10-9-18-17(12-21(22)23)19-14-5-3-4-6-14/h7-8,14H,3-6,9-13H2,1-2H3,(H,18,19). The minimum atomic E-state index is -0.316. The number of rotatable bonds is 10. The van der Waals surface area contributed by atoms with Crippen LogP contribution in [0.15, 0.2) is 21.5 Å². The number of nitrogens with zero attached hydrogens (tertiary/aromatic N) is 3. The summed E-state index contributed by atoms with van der Waals surface area (Å²) in [6.45, 7) is 1.16. The first kappa shape index (κ1) is 19.8. The van der Waals surface area contributed by atoms with Gasteiger partial charge in [0.05, 0.1) is 18.8 Å². The molecule has 0 saturated heterocycles. The molecule has 1 heterocycles. The van der Waals surface area contributed by atoms with Crippen molar-refractivity contribution in [2.75, 3.05) is 32.9 Å². The molecule has 0 spiro atoms. The third-order valence-electron chi connectivity index (χ3n) is 3.98. The van der Waals surface area contributed by atoms with E-state index in [4.69, 9.17) is 4.42 Å². The predicted octanol–water partition coefficient (Wildman–Crippen LogP) is 2.78. The highest BCUT2D eigenvalue weighted by Gasteiger charge is 2.18. The molecule has 0 aliphatic heterocycles. The molecule has 25 heavy (non-hydrogen) atoms. The van der Waals surface area contributed by atoms with Crippen LogP contribution in [0.3, 0.4) is 0 Å². The van der Waals surface area contributed by atoms with Crippen LogP contribution in [-0.2, 0) is 12.3 Å². The summed E-state index contributed by atoms with van der Waals surface area (Å²) in [4.78, 5) is 17.0. The van der Waals surface area contributed by atoms with Crippen molar-refractivity contribution >= 4 is 17.6 Å². The van der Waals surface area contributed by atoms with Gasteiger partial charge in [0, 0.05) is 16.7 Å². The van der Waals surface area contributed by atoms with Crippen molar-refractivity contribution in [1.82, 2.24) is 10.2 Å². The van der Waals surface area contributed by atoms with Crippen molar-refractivity contribution in [3.05, 3.63) is 33.8 Å². The highest BCUT2D eigenvalue weighted by atomic mass is 32.2. The van der Waals surface area contributed by atoms with Gasteiger partial charge in [0.25, 0.3) is 6.54 Å². The van der Waals surface area contributed by atoms with Crippen molar-refractivity contribution in [3.63, 3.8) is 0 Å². The van der Waals surface area contributed by atoms with Gasteiger partial charge < -0.3 is 14.6 Å². The van der Waals surface area contributed by atoms with Gasteiger partial charge in [-0.15, -0.1) is 0 Å². The zero-order valence-electron chi connectivity index (χ0n) is 15.1. The van der Waals surface area contributed by atoms with Gasteiger partial charge in [-0.2, -0.15) is 11.8 Å². The van der Waals surface area contributed by atoms with Gasteiger partial charge in [0.2, 0.25) is 0 Å². The summed E-state index contributed by atoms with van der Waals surface area (Å²) >= 11 is 1.73. The van der Waals surface area contributed by atoms with E-state index >= 15 is 0 Å². The van der Waals surface area contributed by atoms with E-state index in [-0.39, 0.29) is 11.5 Å². The SMILES string of the molecule is CN(C)Cc1ccc(CSCCN=C(C[N+](=O)[O-])NC2CCCC2)o1. The van der Waals surface area contributed by atoms with Gasteiger partial charge >= 0.3 is 0 Å². The molecular weight excluding hydrogens is 340 g/mol. The molecule has 0 unspecified atom stereocenters. The van der Waals surface area contributed by atoms with Gasteiger partial charge in [-0.05, 0) is 39.1 Å². The smallest absolute Gasteiger partial charge is 0.259 e. The molecule has 2 rings (SSSR count). The van der Waals surface area contributed by atoms with Crippen LogP contribution < -0.4 is 5.32 Å². The quantitative estimate of drug-likeness (QED) is 0.225. The Bertz CT molecular complexity index is 568. The minimum absolute atomic E-state index is 0.215. The first-order chi connectivity index (χ1) is 12.0. The van der Waals surface area contributed by atoms with Crippen LogP contribution in [0.4, 0.5) is 0 Å². The summed E-state index contributed by atoms with van der Waals surface area (Å²) in [7, 11) is 4.02. The highest BCUT2D eigenvalue weighted by molar-refractivity contribution is 7.98. The van der Waals surface area contributed by atoms with Crippen LogP contribution >= 0.6 is 11.8 Å². The molecule has 1 aromatic heterocycles. The largest absolute Gasteiger partial charge is 0.464 e. The zero-order chi connectivity index (χ0) is 18.1. The molecule has 0 aromatic carbocycles. The van der Waals surface area contributed by atoms with E-state index in [9.17, 15) is 10.1 Å². The predicted molar refractivity (Wildman–Crippen MR) is 102 cm³/mol. The molecule has 0 amide bonds. The number of hydrogen-bond donors (Lipinski definition) is 1. The Labute approximate surface area is 153 Å². The molecule has 1 N–H and O–H groups in total. The van der Waals surface area contributed by atoms with Crippen molar-refractivity contribution in [3.8, 4) is 0 Å². The first-order valence-corrected chi connectivity index (χ1v) is 9.90. The third-order valence-corrected chi connectivity index (χ3v) is 4.94. The Balaban J connectivity index is 1.71. The highest BCUT2D eigenvalue weighted by Crippen LogP contribution is 2.18. The Morgan fingerprint density at radius 1 is 1.40 bits per heavy atom. The summed E-state index contributed by atoms with van der Waals surface area (Å²) < 4.78 is 5.76. The average molecular weight is 369 g/mol. The van der Waals surface area contributed by atoms with E-state index in [1.54, 1.807) is 11.8 Å². The maximum atomic E-state index is 10.8. The molecule has 0 atom stereocenters. The number of amidine groups is 1. The number of hydrogen-bond acceptors (Lipinski definition) is 6. The van der Waals surface area contributed by atoms with Gasteiger partial charge in [-0.1, -0.05) is 12.8 Å². The summed E-state index contributed by atoms with van der Waals surface area (Å²) in [6.07, 6.45) is 4.55. The molecular formula is C17H28N4O3S. The minimum Gasteiger partial charge on any atom is -0.464 e. The Kier molecular flexibility index (Phi) is 8.27. The van der Waals surface area contributed by atoms with E-state index in [1.807, 2.05) is 26.2 Å². The van der Waals surface area contributed by atoms with Crippen LogP contribution in [0, 0.1) is 10.1 Å². The second-order valence-corrected chi connectivity index (χ2v) is 7.71. The van der Waals surface area contributed by atoms with Crippen molar-refractivity contribution < 1.29 is 9.34 Å². The lowest BCUT2D eigenvalue weighted by molar-refractivity contribution is -0.463. The molecule has 0 bridgehead atoms. The van der Waals surface area contributed by atoms with Gasteiger partial charge in [0.15, 0.2) is 5.84 Å². The lowest BCUT2D eigenvalue weighted by Crippen LogP contribution is -2.37. The maximum Gasteiger partial charge on any atom is 0.259 e. The molecule has 1 aliphatic carbocycles. The van der Waals surface area contributed by atoms with E-state index in [1.165, 1.54) is 12.8 Å². The molecule has 0 radical (unpaired) electrons. The first-order valence-electron chi connectivity index (χ1n) is 8.74.